The second kappa shape index (κ2) is 9.50. The number of carbonyl (C=O) groups excluding carboxylic acids is 1. The molecule has 0 saturated heterocycles. The van der Waals surface area contributed by atoms with E-state index in [2.05, 4.69) is 4.98 Å². The second-order valence-corrected chi connectivity index (χ2v) is 9.92. The molecule has 36 heavy (non-hydrogen) atoms. The van der Waals surface area contributed by atoms with E-state index >= 15 is 8.78 Å². The van der Waals surface area contributed by atoms with E-state index in [1.54, 1.807) is 61.7 Å². The fraction of sp³-hybridized carbons (Fsp3) is 0.250. The minimum Gasteiger partial charge on any atom is -0.462 e. The molecule has 1 aliphatic carbocycles. The van der Waals surface area contributed by atoms with Crippen LogP contribution in [-0.4, -0.2) is 22.1 Å². The number of hydrogen-bond donors (Lipinski definition) is 0. The SMILES string of the molecule is CCOC(=O)c1cn(C2CC2)c2c(F)c(-c3cc(C)nc(C)c3)c(F)c(Sc3ccccc3)c2c1=O. The first-order valence-corrected chi connectivity index (χ1v) is 12.6. The van der Waals surface area contributed by atoms with Gasteiger partial charge in [0.1, 0.15) is 11.4 Å². The molecule has 4 aromatic rings. The van der Waals surface area contributed by atoms with Crippen molar-refractivity contribution in [1.82, 2.24) is 9.55 Å². The van der Waals surface area contributed by atoms with Gasteiger partial charge in [-0.15, -0.1) is 0 Å². The fourth-order valence-electron chi connectivity index (χ4n) is 4.43. The summed E-state index contributed by atoms with van der Waals surface area (Å²) in [4.78, 5) is 31.3. The van der Waals surface area contributed by atoms with Crippen LogP contribution < -0.4 is 5.43 Å². The molecule has 0 radical (unpaired) electrons. The summed E-state index contributed by atoms with van der Waals surface area (Å²) in [6, 6.07) is 12.2. The zero-order valence-electron chi connectivity index (χ0n) is 20.1. The van der Waals surface area contributed by atoms with E-state index in [0.29, 0.717) is 21.8 Å². The lowest BCUT2D eigenvalue weighted by atomic mass is 9.99. The molecule has 0 amide bonds. The standard InChI is InChI=1S/C28H24F2N2O3S/c1-4-35-28(34)20-14-32(18-10-11-18)25-22(26(20)33)27(36-19-8-6-5-7-9-19)24(30)21(23(25)29)17-12-15(2)31-16(3)13-17/h5-9,12-14,18H,4,10-11H2,1-3H3. The van der Waals surface area contributed by atoms with Crippen molar-refractivity contribution in [2.24, 2.45) is 0 Å². The van der Waals surface area contributed by atoms with E-state index in [1.807, 2.05) is 6.07 Å². The Morgan fingerprint density at radius 2 is 1.78 bits per heavy atom. The average Bonchev–Trinajstić information content (AvgIpc) is 3.67. The minimum atomic E-state index is -0.848. The van der Waals surface area contributed by atoms with Crippen LogP contribution in [0.25, 0.3) is 22.0 Å². The third-order valence-electron chi connectivity index (χ3n) is 6.08. The molecule has 0 bridgehead atoms. The van der Waals surface area contributed by atoms with Crippen LogP contribution in [0.3, 0.4) is 0 Å². The first kappa shape index (κ1) is 24.2. The molecule has 1 fully saturated rings. The lowest BCUT2D eigenvalue weighted by Crippen LogP contribution is -2.22. The Labute approximate surface area is 211 Å². The highest BCUT2D eigenvalue weighted by atomic mass is 32.2. The normalized spacial score (nSPS) is 13.2. The minimum absolute atomic E-state index is 0.00232. The first-order chi connectivity index (χ1) is 17.3. The molecule has 1 saturated carbocycles. The van der Waals surface area contributed by atoms with Gasteiger partial charge >= 0.3 is 5.97 Å². The summed E-state index contributed by atoms with van der Waals surface area (Å²) < 4.78 is 39.4. The van der Waals surface area contributed by atoms with Gasteiger partial charge in [-0.25, -0.2) is 13.6 Å². The van der Waals surface area contributed by atoms with Crippen molar-refractivity contribution in [2.75, 3.05) is 6.61 Å². The van der Waals surface area contributed by atoms with Crippen LogP contribution in [-0.2, 0) is 4.74 Å². The van der Waals surface area contributed by atoms with Crippen molar-refractivity contribution in [3.63, 3.8) is 0 Å². The second-order valence-electron chi connectivity index (χ2n) is 8.84. The highest BCUT2D eigenvalue weighted by Crippen LogP contribution is 2.44. The number of esters is 1. The molecular formula is C28H24F2N2O3S. The number of ether oxygens (including phenoxy) is 1. The van der Waals surface area contributed by atoms with Crippen LogP contribution in [0.4, 0.5) is 8.78 Å². The molecule has 1 aliphatic rings. The summed E-state index contributed by atoms with van der Waals surface area (Å²) in [6.45, 7) is 5.24. The topological polar surface area (TPSA) is 61.2 Å². The largest absolute Gasteiger partial charge is 0.462 e. The summed E-state index contributed by atoms with van der Waals surface area (Å²) in [5.74, 6) is -2.48. The maximum absolute atomic E-state index is 16.4. The van der Waals surface area contributed by atoms with Crippen LogP contribution in [0.1, 0.15) is 47.6 Å². The lowest BCUT2D eigenvalue weighted by Gasteiger charge is -2.19. The zero-order chi connectivity index (χ0) is 25.6. The molecule has 2 heterocycles. The van der Waals surface area contributed by atoms with Crippen molar-refractivity contribution in [3.05, 3.63) is 87.5 Å². The van der Waals surface area contributed by atoms with E-state index in [4.69, 9.17) is 4.74 Å². The molecule has 184 valence electrons. The predicted molar refractivity (Wildman–Crippen MR) is 136 cm³/mol. The van der Waals surface area contributed by atoms with Crippen molar-refractivity contribution < 1.29 is 18.3 Å². The number of nitrogens with zero attached hydrogens (tertiary/aromatic N) is 2. The number of fused-ring (bicyclic) bond motifs is 1. The van der Waals surface area contributed by atoms with Gasteiger partial charge in [0.2, 0.25) is 5.43 Å². The quantitative estimate of drug-likeness (QED) is 0.275. The Balaban J connectivity index is 1.92. The summed E-state index contributed by atoms with van der Waals surface area (Å²) in [5, 5.41) is -0.150. The van der Waals surface area contributed by atoms with Gasteiger partial charge in [0.05, 0.1) is 28.0 Å². The Morgan fingerprint density at radius 3 is 2.39 bits per heavy atom. The molecule has 5 rings (SSSR count). The maximum atomic E-state index is 16.4. The molecule has 2 aromatic carbocycles. The molecule has 2 aromatic heterocycles. The Hall–Kier alpha value is -3.52. The van der Waals surface area contributed by atoms with Crippen LogP contribution in [0, 0.1) is 25.5 Å². The van der Waals surface area contributed by atoms with Crippen LogP contribution in [0.15, 0.2) is 63.2 Å². The third kappa shape index (κ3) is 4.30. The summed E-state index contributed by atoms with van der Waals surface area (Å²) in [6.07, 6.45) is 2.90. The number of benzene rings is 2. The van der Waals surface area contributed by atoms with Crippen LogP contribution in [0.2, 0.25) is 0 Å². The highest BCUT2D eigenvalue weighted by molar-refractivity contribution is 7.99. The van der Waals surface area contributed by atoms with E-state index < -0.39 is 23.0 Å². The number of aryl methyl sites for hydroxylation is 2. The Morgan fingerprint density at radius 1 is 1.11 bits per heavy atom. The van der Waals surface area contributed by atoms with Crippen molar-refractivity contribution >= 4 is 28.6 Å². The summed E-state index contributed by atoms with van der Waals surface area (Å²) >= 11 is 1.04. The van der Waals surface area contributed by atoms with E-state index in [0.717, 1.165) is 24.6 Å². The van der Waals surface area contributed by atoms with Crippen LogP contribution in [0.5, 0.6) is 0 Å². The number of hydrogen-bond acceptors (Lipinski definition) is 5. The number of pyridine rings is 2. The maximum Gasteiger partial charge on any atom is 0.343 e. The molecule has 0 spiro atoms. The van der Waals surface area contributed by atoms with Gasteiger partial charge in [0.15, 0.2) is 5.82 Å². The van der Waals surface area contributed by atoms with Crippen LogP contribution >= 0.6 is 11.8 Å². The van der Waals surface area contributed by atoms with Crippen molar-refractivity contribution in [2.45, 2.75) is 49.4 Å². The van der Waals surface area contributed by atoms with Gasteiger partial charge in [-0.05, 0) is 63.4 Å². The zero-order valence-corrected chi connectivity index (χ0v) is 20.9. The van der Waals surface area contributed by atoms with E-state index in [1.165, 1.54) is 6.20 Å². The van der Waals surface area contributed by atoms with E-state index in [9.17, 15) is 9.59 Å². The third-order valence-corrected chi connectivity index (χ3v) is 7.17. The molecule has 0 atom stereocenters. The Bertz CT molecular complexity index is 1540. The molecule has 5 nitrogen and oxygen atoms in total. The monoisotopic (exact) mass is 506 g/mol. The van der Waals surface area contributed by atoms with Crippen molar-refractivity contribution in [1.29, 1.82) is 0 Å². The van der Waals surface area contributed by atoms with Gasteiger partial charge in [0.25, 0.3) is 0 Å². The average molecular weight is 507 g/mol. The number of halogens is 2. The first-order valence-electron chi connectivity index (χ1n) is 11.8. The lowest BCUT2D eigenvalue weighted by molar-refractivity contribution is 0.0524. The Kier molecular flexibility index (Phi) is 6.38. The molecule has 8 heteroatoms. The highest BCUT2D eigenvalue weighted by Gasteiger charge is 2.33. The van der Waals surface area contributed by atoms with E-state index in [-0.39, 0.29) is 39.6 Å². The molecule has 0 unspecified atom stereocenters. The molecular weight excluding hydrogens is 482 g/mol. The van der Waals surface area contributed by atoms with Gasteiger partial charge in [-0.2, -0.15) is 0 Å². The fourth-order valence-corrected chi connectivity index (χ4v) is 5.45. The van der Waals surface area contributed by atoms with Crippen molar-refractivity contribution in [3.8, 4) is 11.1 Å². The van der Waals surface area contributed by atoms with Gasteiger partial charge < -0.3 is 9.30 Å². The van der Waals surface area contributed by atoms with Gasteiger partial charge in [0, 0.05) is 28.5 Å². The smallest absolute Gasteiger partial charge is 0.343 e. The molecule has 0 N–H and O–H groups in total. The van der Waals surface area contributed by atoms with Gasteiger partial charge in [-0.1, -0.05) is 30.0 Å². The summed E-state index contributed by atoms with van der Waals surface area (Å²) in [7, 11) is 0. The number of carbonyl (C=O) groups is 1. The summed E-state index contributed by atoms with van der Waals surface area (Å²) in [5.41, 5.74) is 0.399. The predicted octanol–water partition coefficient (Wildman–Crippen LogP) is 6.62. The number of rotatable bonds is 6. The van der Waals surface area contributed by atoms with Gasteiger partial charge in [-0.3, -0.25) is 9.78 Å². The molecule has 0 aliphatic heterocycles. The number of aromatic nitrogens is 2.